The molecule has 0 radical (unpaired) electrons. The number of Topliss-reactive ketones (excluding diaryl/α,β-unsaturated/α-hetero) is 1. The molecular weight excluding hydrogens is 459 g/mol. The second-order valence-corrected chi connectivity index (χ2v) is 9.83. The lowest BCUT2D eigenvalue weighted by atomic mass is 9.55. The van der Waals surface area contributed by atoms with Crippen molar-refractivity contribution >= 4 is 19.4 Å². The summed E-state index contributed by atoms with van der Waals surface area (Å²) < 4.78 is 44.8. The fraction of sp³-hybridized carbons (Fsp3) is 0.593. The van der Waals surface area contributed by atoms with Crippen molar-refractivity contribution in [1.82, 2.24) is 5.32 Å². The van der Waals surface area contributed by atoms with Crippen LogP contribution in [0.4, 0.5) is 13.2 Å². The summed E-state index contributed by atoms with van der Waals surface area (Å²) in [5.74, 6) is 0.514. The number of halogens is 3. The summed E-state index contributed by atoms with van der Waals surface area (Å²) in [6, 6.07) is 5.65. The van der Waals surface area contributed by atoms with Crippen molar-refractivity contribution in [3.05, 3.63) is 47.5 Å². The summed E-state index contributed by atoms with van der Waals surface area (Å²) in [6.45, 7) is 15.5. The molecule has 0 bridgehead atoms. The van der Waals surface area contributed by atoms with Crippen molar-refractivity contribution in [3.63, 3.8) is 0 Å². The van der Waals surface area contributed by atoms with Crippen LogP contribution in [0.25, 0.3) is 0 Å². The van der Waals surface area contributed by atoms with E-state index in [-0.39, 0.29) is 24.5 Å². The molecule has 1 saturated heterocycles. The maximum atomic E-state index is 13.2. The van der Waals surface area contributed by atoms with Crippen molar-refractivity contribution in [1.29, 1.82) is 0 Å². The van der Waals surface area contributed by atoms with Crippen molar-refractivity contribution in [2.24, 2.45) is 17.3 Å². The molecule has 8 heteroatoms. The lowest BCUT2D eigenvalue weighted by molar-refractivity contribution is -0.137. The largest absolute Gasteiger partial charge is 0.416 e. The van der Waals surface area contributed by atoms with Gasteiger partial charge in [-0.15, -0.1) is 0 Å². The van der Waals surface area contributed by atoms with E-state index in [2.05, 4.69) is 25.7 Å². The molecule has 35 heavy (non-hydrogen) atoms. The Bertz CT molecular complexity index is 861. The number of ketones is 1. The van der Waals surface area contributed by atoms with E-state index < -0.39 is 17.3 Å². The molecule has 1 saturated carbocycles. The van der Waals surface area contributed by atoms with Gasteiger partial charge in [-0.3, -0.25) is 4.79 Å². The Morgan fingerprint density at radius 2 is 1.69 bits per heavy atom. The van der Waals surface area contributed by atoms with Crippen LogP contribution < -0.4 is 5.32 Å². The maximum absolute atomic E-state index is 13.2. The standard InChI is InChI=1S/C25H34F3NO2.2CH2O.H2/c1-16(22(30)24(29-5)9-11-31-12-10-24)19-14-21(15-19)23(3,4)17(2)18-7-6-8-20(13-18)25(26,27)28;2*1-2;/h6-8,13,17,19,21,29H,1,9-12,14-15H2,2-5H3;2*1H2;1H. The second-order valence-electron chi connectivity index (χ2n) is 9.83. The van der Waals surface area contributed by atoms with Gasteiger partial charge in [0, 0.05) is 14.6 Å². The lowest BCUT2D eigenvalue weighted by Gasteiger charge is -2.50. The van der Waals surface area contributed by atoms with Crippen LogP contribution in [0.15, 0.2) is 36.4 Å². The number of carbonyl (C=O) groups is 3. The number of nitrogens with one attached hydrogen (secondary N) is 1. The molecule has 0 aromatic heterocycles. The fourth-order valence-electron chi connectivity index (χ4n) is 5.08. The monoisotopic (exact) mass is 499 g/mol. The average molecular weight is 500 g/mol. The number of hydrogen-bond acceptors (Lipinski definition) is 5. The SMILES string of the molecule is C=C(C(=O)C1(NC)CCOCC1)C1CC(C(C)(C)C(C)c2cccc(C(F)(F)F)c2)C1.C=O.C=O.[HH]. The molecule has 1 N–H and O–H groups in total. The molecule has 198 valence electrons. The third-order valence-corrected chi connectivity index (χ3v) is 8.06. The zero-order chi connectivity index (χ0) is 27.0. The molecule has 1 unspecified atom stereocenters. The molecular formula is C27H40F3NO4. The number of carbonyl (C=O) groups excluding carboxylic acids is 3. The van der Waals surface area contributed by atoms with E-state index in [0.717, 1.165) is 18.9 Å². The Morgan fingerprint density at radius 1 is 1.14 bits per heavy atom. The Morgan fingerprint density at radius 3 is 2.17 bits per heavy atom. The number of likely N-dealkylation sites (N-methyl/N-ethyl adjacent to an activating group) is 1. The number of hydrogen-bond donors (Lipinski definition) is 1. The van der Waals surface area contributed by atoms with Gasteiger partial charge in [-0.05, 0) is 73.1 Å². The third kappa shape index (κ3) is 6.67. The van der Waals surface area contributed by atoms with E-state index in [1.54, 1.807) is 6.07 Å². The van der Waals surface area contributed by atoms with E-state index in [0.29, 0.717) is 43.1 Å². The van der Waals surface area contributed by atoms with Crippen molar-refractivity contribution in [3.8, 4) is 0 Å². The van der Waals surface area contributed by atoms with Gasteiger partial charge in [-0.25, -0.2) is 0 Å². The van der Waals surface area contributed by atoms with Gasteiger partial charge in [0.05, 0.1) is 11.1 Å². The highest BCUT2D eigenvalue weighted by Crippen LogP contribution is 2.54. The molecule has 0 amide bonds. The third-order valence-electron chi connectivity index (χ3n) is 8.06. The summed E-state index contributed by atoms with van der Waals surface area (Å²) in [5, 5.41) is 3.22. The smallest absolute Gasteiger partial charge is 0.381 e. The Hall–Kier alpha value is -2.32. The van der Waals surface area contributed by atoms with E-state index in [1.807, 2.05) is 27.5 Å². The molecule has 1 heterocycles. The van der Waals surface area contributed by atoms with Crippen molar-refractivity contribution < 1.29 is 33.7 Å². The predicted octanol–water partition coefficient (Wildman–Crippen LogP) is 5.63. The number of alkyl halides is 3. The molecule has 2 aliphatic rings. The van der Waals surface area contributed by atoms with Crippen LogP contribution in [0.2, 0.25) is 0 Å². The highest BCUT2D eigenvalue weighted by Gasteiger charge is 2.48. The van der Waals surface area contributed by atoms with Crippen LogP contribution in [-0.4, -0.2) is 45.2 Å². The predicted molar refractivity (Wildman–Crippen MR) is 132 cm³/mol. The molecule has 5 nitrogen and oxygen atoms in total. The van der Waals surface area contributed by atoms with Crippen molar-refractivity contribution in [2.75, 3.05) is 20.3 Å². The quantitative estimate of drug-likeness (QED) is 0.492. The first-order chi connectivity index (χ1) is 16.4. The molecule has 1 aliphatic carbocycles. The first-order valence-electron chi connectivity index (χ1n) is 11.7. The molecule has 1 aromatic rings. The fourth-order valence-corrected chi connectivity index (χ4v) is 5.08. The van der Waals surface area contributed by atoms with Gasteiger partial charge < -0.3 is 19.6 Å². The van der Waals surface area contributed by atoms with Crippen LogP contribution in [0.3, 0.4) is 0 Å². The van der Waals surface area contributed by atoms with Crippen LogP contribution in [-0.2, 0) is 25.3 Å². The van der Waals surface area contributed by atoms with Gasteiger partial charge in [0.15, 0.2) is 5.78 Å². The average Bonchev–Trinajstić information content (AvgIpc) is 2.84. The minimum Gasteiger partial charge on any atom is -0.381 e. The van der Waals surface area contributed by atoms with Crippen LogP contribution in [0.1, 0.15) is 64.9 Å². The number of benzene rings is 1. The molecule has 0 spiro atoms. The van der Waals surface area contributed by atoms with Gasteiger partial charge in [-0.1, -0.05) is 45.5 Å². The first-order valence-corrected chi connectivity index (χ1v) is 11.7. The lowest BCUT2D eigenvalue weighted by Crippen LogP contribution is -2.55. The number of rotatable bonds is 7. The Balaban J connectivity index is 0.00000233. The molecule has 1 aliphatic heterocycles. The van der Waals surface area contributed by atoms with E-state index in [9.17, 15) is 18.0 Å². The molecule has 1 aromatic carbocycles. The number of ether oxygens (including phenoxy) is 1. The summed E-state index contributed by atoms with van der Waals surface area (Å²) in [5.41, 5.74) is 0.00139. The van der Waals surface area contributed by atoms with Crippen LogP contribution in [0.5, 0.6) is 0 Å². The zero-order valence-electron chi connectivity index (χ0n) is 21.2. The summed E-state index contributed by atoms with van der Waals surface area (Å²) >= 11 is 0. The van der Waals surface area contributed by atoms with Gasteiger partial charge in [0.25, 0.3) is 0 Å². The molecule has 3 rings (SSSR count). The highest BCUT2D eigenvalue weighted by molar-refractivity contribution is 6.02. The molecule has 1 atom stereocenters. The Labute approximate surface area is 208 Å². The Kier molecular flexibility index (Phi) is 11.0. The second kappa shape index (κ2) is 12.6. The van der Waals surface area contributed by atoms with Gasteiger partial charge >= 0.3 is 6.18 Å². The van der Waals surface area contributed by atoms with Gasteiger partial charge in [0.1, 0.15) is 13.6 Å². The summed E-state index contributed by atoms with van der Waals surface area (Å²) in [7, 11) is 1.82. The summed E-state index contributed by atoms with van der Waals surface area (Å²) in [4.78, 5) is 29.2. The van der Waals surface area contributed by atoms with Gasteiger partial charge in [-0.2, -0.15) is 13.2 Å². The van der Waals surface area contributed by atoms with Crippen LogP contribution in [0, 0.1) is 17.3 Å². The topological polar surface area (TPSA) is 72.5 Å². The minimum atomic E-state index is -4.34. The zero-order valence-corrected chi connectivity index (χ0v) is 21.2. The van der Waals surface area contributed by atoms with E-state index in [4.69, 9.17) is 14.3 Å². The van der Waals surface area contributed by atoms with Crippen LogP contribution >= 0.6 is 0 Å². The highest BCUT2D eigenvalue weighted by atomic mass is 19.4. The molecule has 2 fully saturated rings. The maximum Gasteiger partial charge on any atom is 0.416 e. The van der Waals surface area contributed by atoms with E-state index >= 15 is 0 Å². The minimum absolute atomic E-state index is 0. The van der Waals surface area contributed by atoms with Gasteiger partial charge in [0.2, 0.25) is 0 Å². The normalized spacial score (nSPS) is 22.3. The summed E-state index contributed by atoms with van der Waals surface area (Å²) in [6.07, 6.45) is -1.35. The van der Waals surface area contributed by atoms with E-state index in [1.165, 1.54) is 12.1 Å². The van der Waals surface area contributed by atoms with Crippen molar-refractivity contribution in [2.45, 2.75) is 64.1 Å². The first kappa shape index (κ1) is 30.7.